The number of rotatable bonds is 4. The highest BCUT2D eigenvalue weighted by atomic mass is 16.5. The average Bonchev–Trinajstić information content (AvgIpc) is 3.33. The van der Waals surface area contributed by atoms with Crippen LogP contribution in [0.5, 0.6) is 0 Å². The fourth-order valence-corrected chi connectivity index (χ4v) is 4.51. The number of carbonyl (C=O) groups excluding carboxylic acids is 3. The van der Waals surface area contributed by atoms with Crippen LogP contribution in [0.15, 0.2) is 72.8 Å². The van der Waals surface area contributed by atoms with E-state index in [4.69, 9.17) is 4.74 Å². The summed E-state index contributed by atoms with van der Waals surface area (Å²) in [5.41, 5.74) is 0.0942. The minimum atomic E-state index is -1.04. The molecular formula is C22H17NO4. The molecule has 5 heteroatoms. The first-order valence-electron chi connectivity index (χ1n) is 8.99. The molecule has 2 saturated heterocycles. The number of imide groups is 1. The molecule has 2 bridgehead atoms. The lowest BCUT2D eigenvalue weighted by atomic mass is 9.74. The number of hydrogen-bond donors (Lipinski definition) is 0. The molecule has 0 aromatic heterocycles. The van der Waals surface area contributed by atoms with Crippen molar-refractivity contribution in [3.63, 3.8) is 0 Å². The molecule has 27 heavy (non-hydrogen) atoms. The number of anilines is 1. The second-order valence-corrected chi connectivity index (χ2v) is 7.21. The van der Waals surface area contributed by atoms with Crippen LogP contribution in [0.2, 0.25) is 0 Å². The molecule has 2 aromatic rings. The number of carbonyl (C=O) groups is 3. The van der Waals surface area contributed by atoms with Crippen LogP contribution in [0.25, 0.3) is 0 Å². The van der Waals surface area contributed by atoms with Crippen molar-refractivity contribution in [1.82, 2.24) is 0 Å². The Kier molecular flexibility index (Phi) is 3.42. The van der Waals surface area contributed by atoms with E-state index in [0.29, 0.717) is 11.3 Å². The molecule has 2 amide bonds. The maximum Gasteiger partial charge on any atom is 0.241 e. The van der Waals surface area contributed by atoms with Gasteiger partial charge in [0.1, 0.15) is 5.60 Å². The molecule has 0 aliphatic carbocycles. The van der Waals surface area contributed by atoms with E-state index in [2.05, 4.69) is 0 Å². The normalized spacial score (nSPS) is 30.8. The lowest BCUT2D eigenvalue weighted by Gasteiger charge is -2.28. The molecule has 134 valence electrons. The third kappa shape index (κ3) is 2.25. The predicted molar refractivity (Wildman–Crippen MR) is 98.0 cm³/mol. The van der Waals surface area contributed by atoms with Crippen LogP contribution < -0.4 is 4.90 Å². The van der Waals surface area contributed by atoms with Gasteiger partial charge in [-0.25, -0.2) is 4.90 Å². The highest BCUT2D eigenvalue weighted by Gasteiger charge is 2.68. The molecule has 5 nitrogen and oxygen atoms in total. The van der Waals surface area contributed by atoms with Crippen LogP contribution in [0, 0.1) is 11.8 Å². The first-order chi connectivity index (χ1) is 13.1. The van der Waals surface area contributed by atoms with Gasteiger partial charge in [0, 0.05) is 12.0 Å². The van der Waals surface area contributed by atoms with Gasteiger partial charge in [0.2, 0.25) is 11.8 Å². The van der Waals surface area contributed by atoms with Crippen molar-refractivity contribution in [3.05, 3.63) is 78.4 Å². The summed E-state index contributed by atoms with van der Waals surface area (Å²) in [5.74, 6) is -1.86. The Bertz CT molecular complexity index is 968. The standard InChI is InChI=1S/C22H17NO4/c24-16(14-7-3-1-4-8-14)13-22-12-11-17(27-22)18-19(22)21(26)23(20(18)25)15-9-5-2-6-10-15/h1-12,17-19H,13H2/t17-,18-,19-,22+/m1/s1. The van der Waals surface area contributed by atoms with Gasteiger partial charge in [0.15, 0.2) is 5.78 Å². The Morgan fingerprint density at radius 2 is 1.63 bits per heavy atom. The molecule has 3 aliphatic heterocycles. The Hall–Kier alpha value is -3.05. The molecule has 2 aromatic carbocycles. The SMILES string of the molecule is O=C(C[C@]12C=C[C@@H](O1)[C@H]1C(=O)N(c3ccccc3)C(=O)[C@@H]12)c1ccccc1. The monoisotopic (exact) mass is 359 g/mol. The summed E-state index contributed by atoms with van der Waals surface area (Å²) in [6.45, 7) is 0. The number of Topliss-reactive ketones (excluding diaryl/α,β-unsaturated/α-hetero) is 1. The first-order valence-corrected chi connectivity index (χ1v) is 8.99. The Morgan fingerprint density at radius 3 is 2.33 bits per heavy atom. The van der Waals surface area contributed by atoms with E-state index in [-0.39, 0.29) is 24.0 Å². The maximum absolute atomic E-state index is 13.2. The van der Waals surface area contributed by atoms with E-state index in [9.17, 15) is 14.4 Å². The minimum absolute atomic E-state index is 0.0484. The van der Waals surface area contributed by atoms with E-state index in [1.165, 1.54) is 4.90 Å². The molecule has 4 atom stereocenters. The second-order valence-electron chi connectivity index (χ2n) is 7.21. The topological polar surface area (TPSA) is 63.7 Å². The summed E-state index contributed by atoms with van der Waals surface area (Å²) in [7, 11) is 0. The van der Waals surface area contributed by atoms with Crippen LogP contribution in [0.1, 0.15) is 16.8 Å². The first kappa shape index (κ1) is 16.1. The molecule has 0 saturated carbocycles. The zero-order chi connectivity index (χ0) is 18.6. The van der Waals surface area contributed by atoms with Gasteiger partial charge in [-0.3, -0.25) is 14.4 Å². The van der Waals surface area contributed by atoms with Crippen LogP contribution in [0.3, 0.4) is 0 Å². The van der Waals surface area contributed by atoms with Crippen LogP contribution >= 0.6 is 0 Å². The van der Waals surface area contributed by atoms with Crippen molar-refractivity contribution in [2.75, 3.05) is 4.90 Å². The number of para-hydroxylation sites is 1. The Labute approximate surface area is 156 Å². The highest BCUT2D eigenvalue weighted by Crippen LogP contribution is 2.54. The number of amides is 2. The number of ether oxygens (including phenoxy) is 1. The molecule has 0 unspecified atom stereocenters. The zero-order valence-corrected chi connectivity index (χ0v) is 14.4. The third-order valence-corrected chi connectivity index (χ3v) is 5.70. The molecule has 0 spiro atoms. The summed E-state index contributed by atoms with van der Waals surface area (Å²) in [6, 6.07) is 17.9. The Balaban J connectivity index is 1.49. The van der Waals surface area contributed by atoms with Gasteiger partial charge >= 0.3 is 0 Å². The Morgan fingerprint density at radius 1 is 0.963 bits per heavy atom. The zero-order valence-electron chi connectivity index (χ0n) is 14.4. The van der Waals surface area contributed by atoms with Gasteiger partial charge in [-0.15, -0.1) is 0 Å². The van der Waals surface area contributed by atoms with Crippen molar-refractivity contribution >= 4 is 23.3 Å². The molecule has 5 rings (SSSR count). The average molecular weight is 359 g/mol. The summed E-state index contributed by atoms with van der Waals surface area (Å²) in [6.07, 6.45) is 3.22. The molecule has 3 heterocycles. The summed E-state index contributed by atoms with van der Waals surface area (Å²) in [5, 5.41) is 0. The summed E-state index contributed by atoms with van der Waals surface area (Å²) < 4.78 is 6.04. The van der Waals surface area contributed by atoms with Crippen molar-refractivity contribution < 1.29 is 19.1 Å². The van der Waals surface area contributed by atoms with Crippen molar-refractivity contribution in [2.45, 2.75) is 18.1 Å². The third-order valence-electron chi connectivity index (χ3n) is 5.70. The number of benzene rings is 2. The number of hydrogen-bond acceptors (Lipinski definition) is 4. The molecule has 0 N–H and O–H groups in total. The molecule has 2 fully saturated rings. The molecule has 3 aliphatic rings. The fourth-order valence-electron chi connectivity index (χ4n) is 4.51. The van der Waals surface area contributed by atoms with E-state index in [0.717, 1.165) is 0 Å². The molecular weight excluding hydrogens is 342 g/mol. The van der Waals surface area contributed by atoms with Gasteiger partial charge in [-0.2, -0.15) is 0 Å². The van der Waals surface area contributed by atoms with Gasteiger partial charge in [0.25, 0.3) is 0 Å². The summed E-state index contributed by atoms with van der Waals surface area (Å²) >= 11 is 0. The van der Waals surface area contributed by atoms with Crippen LogP contribution in [-0.4, -0.2) is 29.3 Å². The van der Waals surface area contributed by atoms with Crippen molar-refractivity contribution in [3.8, 4) is 0 Å². The van der Waals surface area contributed by atoms with Crippen molar-refractivity contribution in [2.24, 2.45) is 11.8 Å². The van der Waals surface area contributed by atoms with E-state index in [1.807, 2.05) is 18.2 Å². The lowest BCUT2D eigenvalue weighted by molar-refractivity contribution is -0.126. The van der Waals surface area contributed by atoms with Crippen LogP contribution in [-0.2, 0) is 14.3 Å². The largest absolute Gasteiger partial charge is 0.361 e. The predicted octanol–water partition coefficient (Wildman–Crippen LogP) is 2.77. The fraction of sp³-hybridized carbons (Fsp3) is 0.227. The van der Waals surface area contributed by atoms with E-state index in [1.54, 1.807) is 54.6 Å². The molecule has 0 radical (unpaired) electrons. The second kappa shape index (κ2) is 5.72. The van der Waals surface area contributed by atoms with E-state index >= 15 is 0 Å². The minimum Gasteiger partial charge on any atom is -0.361 e. The van der Waals surface area contributed by atoms with Gasteiger partial charge in [0.05, 0.1) is 23.6 Å². The van der Waals surface area contributed by atoms with Crippen molar-refractivity contribution in [1.29, 1.82) is 0 Å². The van der Waals surface area contributed by atoms with Gasteiger partial charge in [-0.1, -0.05) is 60.7 Å². The number of nitrogens with zero attached hydrogens (tertiary/aromatic N) is 1. The van der Waals surface area contributed by atoms with E-state index < -0.39 is 23.5 Å². The number of ketones is 1. The van der Waals surface area contributed by atoms with Crippen LogP contribution in [0.4, 0.5) is 5.69 Å². The van der Waals surface area contributed by atoms with Gasteiger partial charge in [-0.05, 0) is 12.1 Å². The quantitative estimate of drug-likeness (QED) is 0.478. The summed E-state index contributed by atoms with van der Waals surface area (Å²) in [4.78, 5) is 40.2. The maximum atomic E-state index is 13.2. The lowest BCUT2D eigenvalue weighted by Crippen LogP contribution is -2.42. The smallest absolute Gasteiger partial charge is 0.241 e. The highest BCUT2D eigenvalue weighted by molar-refractivity contribution is 6.23. The number of fused-ring (bicyclic) bond motifs is 5. The van der Waals surface area contributed by atoms with Gasteiger partial charge < -0.3 is 4.74 Å².